The Bertz CT molecular complexity index is 630. The monoisotopic (exact) mass is 315 g/mol. The number of nitrogens with zero attached hydrogens (tertiary/aromatic N) is 2. The second kappa shape index (κ2) is 7.13. The maximum Gasteiger partial charge on any atom is 0.0996 e. The zero-order valence-corrected chi connectivity index (χ0v) is 13.8. The molecule has 0 atom stereocenters. The van der Waals surface area contributed by atoms with Crippen LogP contribution in [0.4, 0.5) is 5.69 Å². The highest BCUT2D eigenvalue weighted by atomic mass is 32.2. The quantitative estimate of drug-likeness (QED) is 0.650. The topological polar surface area (TPSA) is 37.4 Å². The third-order valence-corrected chi connectivity index (χ3v) is 4.48. The van der Waals surface area contributed by atoms with Gasteiger partial charge in [-0.3, -0.25) is 20.2 Å². The second-order valence-electron chi connectivity index (χ2n) is 5.47. The summed E-state index contributed by atoms with van der Waals surface area (Å²) in [5.74, 6) is 1.10. The molecular formula is C17H21N3OS. The molecule has 0 unspecified atom stereocenters. The van der Waals surface area contributed by atoms with E-state index in [1.165, 1.54) is 10.5 Å². The molecule has 116 valence electrons. The first-order chi connectivity index (χ1) is 10.7. The summed E-state index contributed by atoms with van der Waals surface area (Å²) in [7, 11) is 2.10. The van der Waals surface area contributed by atoms with E-state index in [-0.39, 0.29) is 0 Å². The van der Waals surface area contributed by atoms with E-state index in [2.05, 4.69) is 59.7 Å². The van der Waals surface area contributed by atoms with Gasteiger partial charge in [0.2, 0.25) is 0 Å². The number of benzene rings is 1. The summed E-state index contributed by atoms with van der Waals surface area (Å²) >= 11 is 1.85. The predicted molar refractivity (Wildman–Crippen MR) is 90.7 cm³/mol. The number of rotatable bonds is 6. The summed E-state index contributed by atoms with van der Waals surface area (Å²) in [5.41, 5.74) is 7.49. The molecule has 0 bridgehead atoms. The number of thioether (sulfide) groups is 1. The molecule has 3 rings (SSSR count). The van der Waals surface area contributed by atoms with Crippen LogP contribution in [0.1, 0.15) is 23.7 Å². The first-order valence-corrected chi connectivity index (χ1v) is 8.49. The Morgan fingerprint density at radius 2 is 2.09 bits per heavy atom. The molecule has 1 aliphatic rings. The van der Waals surface area contributed by atoms with Gasteiger partial charge in [-0.2, -0.15) is 0 Å². The van der Waals surface area contributed by atoms with Crippen LogP contribution in [0.3, 0.4) is 0 Å². The molecule has 0 spiro atoms. The average Bonchev–Trinajstić information content (AvgIpc) is 2.89. The minimum absolute atomic E-state index is 0.536. The lowest BCUT2D eigenvalue weighted by Gasteiger charge is -2.08. The molecule has 1 aliphatic heterocycles. The van der Waals surface area contributed by atoms with Gasteiger partial charge in [-0.15, -0.1) is 11.8 Å². The van der Waals surface area contributed by atoms with E-state index in [1.807, 2.05) is 18.0 Å². The Hall–Kier alpha value is -1.56. The van der Waals surface area contributed by atoms with Crippen molar-refractivity contribution in [2.24, 2.45) is 0 Å². The van der Waals surface area contributed by atoms with Crippen LogP contribution >= 0.6 is 11.8 Å². The van der Waals surface area contributed by atoms with Crippen molar-refractivity contribution in [1.29, 1.82) is 0 Å². The number of anilines is 1. The molecule has 0 saturated carbocycles. The van der Waals surface area contributed by atoms with Crippen LogP contribution in [-0.4, -0.2) is 22.7 Å². The van der Waals surface area contributed by atoms with Crippen LogP contribution < -0.4 is 5.48 Å². The van der Waals surface area contributed by atoms with Crippen molar-refractivity contribution >= 4 is 17.4 Å². The average molecular weight is 315 g/mol. The van der Waals surface area contributed by atoms with E-state index in [0.29, 0.717) is 6.61 Å². The molecule has 0 saturated heterocycles. The van der Waals surface area contributed by atoms with E-state index in [1.54, 1.807) is 0 Å². The fourth-order valence-corrected chi connectivity index (χ4v) is 3.19. The number of pyridine rings is 1. The fourth-order valence-electron chi connectivity index (χ4n) is 2.53. The summed E-state index contributed by atoms with van der Waals surface area (Å²) in [6.45, 7) is 4.58. The number of aromatic nitrogens is 1. The molecular weight excluding hydrogens is 294 g/mol. The predicted octanol–water partition coefficient (Wildman–Crippen LogP) is 3.68. The first-order valence-electron chi connectivity index (χ1n) is 7.50. The van der Waals surface area contributed by atoms with Crippen molar-refractivity contribution in [1.82, 2.24) is 9.88 Å². The van der Waals surface area contributed by atoms with Crippen molar-refractivity contribution in [3.63, 3.8) is 0 Å². The normalized spacial score (nSPS) is 14.1. The molecule has 2 aromatic rings. The van der Waals surface area contributed by atoms with Crippen molar-refractivity contribution in [3.05, 3.63) is 53.3 Å². The maximum atomic E-state index is 5.58. The number of fused-ring (bicyclic) bond motifs is 1. The zero-order valence-electron chi connectivity index (χ0n) is 13.0. The lowest BCUT2D eigenvalue weighted by molar-refractivity contribution is 0.180. The van der Waals surface area contributed by atoms with Gasteiger partial charge < -0.3 is 0 Å². The molecule has 22 heavy (non-hydrogen) atoms. The van der Waals surface area contributed by atoms with Crippen molar-refractivity contribution in [2.75, 3.05) is 18.3 Å². The second-order valence-corrected chi connectivity index (χ2v) is 6.81. The van der Waals surface area contributed by atoms with Gasteiger partial charge in [0.1, 0.15) is 0 Å². The fraction of sp³-hybridized carbons (Fsp3) is 0.353. The molecule has 0 fully saturated rings. The Morgan fingerprint density at radius 3 is 2.86 bits per heavy atom. The highest BCUT2D eigenvalue weighted by Gasteiger charge is 2.16. The van der Waals surface area contributed by atoms with Gasteiger partial charge in [0, 0.05) is 18.0 Å². The summed E-state index contributed by atoms with van der Waals surface area (Å²) < 4.78 is 0. The Labute approximate surface area is 135 Å². The van der Waals surface area contributed by atoms with Gasteiger partial charge in [-0.1, -0.05) is 19.1 Å². The summed E-state index contributed by atoms with van der Waals surface area (Å²) in [4.78, 5) is 13.6. The molecule has 2 heterocycles. The first kappa shape index (κ1) is 15.3. The Balaban J connectivity index is 1.52. The number of hydrogen-bond donors (Lipinski definition) is 1. The summed E-state index contributed by atoms with van der Waals surface area (Å²) in [5, 5.41) is 0. The van der Waals surface area contributed by atoms with Crippen LogP contribution in [0.5, 0.6) is 0 Å². The highest BCUT2D eigenvalue weighted by molar-refractivity contribution is 7.99. The van der Waals surface area contributed by atoms with E-state index in [9.17, 15) is 0 Å². The van der Waals surface area contributed by atoms with Crippen molar-refractivity contribution in [2.45, 2.75) is 31.5 Å². The molecule has 4 nitrogen and oxygen atoms in total. The van der Waals surface area contributed by atoms with Crippen LogP contribution in [0.2, 0.25) is 0 Å². The van der Waals surface area contributed by atoms with Crippen LogP contribution in [-0.2, 0) is 24.5 Å². The Kier molecular flexibility index (Phi) is 4.97. The van der Waals surface area contributed by atoms with Crippen molar-refractivity contribution in [3.8, 4) is 0 Å². The van der Waals surface area contributed by atoms with Gasteiger partial charge in [0.15, 0.2) is 0 Å². The lowest BCUT2D eigenvalue weighted by atomic mass is 10.2. The lowest BCUT2D eigenvalue weighted by Crippen LogP contribution is -2.07. The summed E-state index contributed by atoms with van der Waals surface area (Å²) in [6.07, 6.45) is 1.83. The number of nitrogens with one attached hydrogen (secondary N) is 1. The van der Waals surface area contributed by atoms with Crippen LogP contribution in [0.25, 0.3) is 0 Å². The van der Waals surface area contributed by atoms with E-state index < -0.39 is 0 Å². The minimum atomic E-state index is 0.536. The Morgan fingerprint density at radius 1 is 1.27 bits per heavy atom. The minimum Gasteiger partial charge on any atom is -0.296 e. The van der Waals surface area contributed by atoms with Gasteiger partial charge in [-0.25, -0.2) is 0 Å². The summed E-state index contributed by atoms with van der Waals surface area (Å²) in [6, 6.07) is 10.6. The standard InChI is InChI=1S/C17H21N3OS/c1-3-22-16-6-4-13(5-7-16)12-21-19-15-8-14-10-20(2)11-17(14)18-9-15/h4-9,19H,3,10-12H2,1-2H3. The number of hydrogen-bond acceptors (Lipinski definition) is 5. The zero-order chi connectivity index (χ0) is 15.4. The SMILES string of the molecule is CCSc1ccc(CONc2cnc3c(c2)CN(C)C3)cc1. The van der Waals surface area contributed by atoms with Crippen LogP contribution in [0.15, 0.2) is 41.4 Å². The van der Waals surface area contributed by atoms with Crippen LogP contribution in [0, 0.1) is 0 Å². The molecule has 1 N–H and O–H groups in total. The van der Waals surface area contributed by atoms with Crippen molar-refractivity contribution < 1.29 is 4.84 Å². The largest absolute Gasteiger partial charge is 0.296 e. The molecule has 0 radical (unpaired) electrons. The van der Waals surface area contributed by atoms with Gasteiger partial charge in [0.25, 0.3) is 0 Å². The third kappa shape index (κ3) is 3.80. The molecule has 0 aliphatic carbocycles. The molecule has 1 aromatic carbocycles. The van der Waals surface area contributed by atoms with E-state index in [4.69, 9.17) is 4.84 Å². The molecule has 5 heteroatoms. The van der Waals surface area contributed by atoms with Gasteiger partial charge in [-0.05, 0) is 42.1 Å². The highest BCUT2D eigenvalue weighted by Crippen LogP contribution is 2.22. The van der Waals surface area contributed by atoms with E-state index in [0.717, 1.165) is 35.8 Å². The van der Waals surface area contributed by atoms with E-state index >= 15 is 0 Å². The third-order valence-electron chi connectivity index (χ3n) is 3.58. The smallest absolute Gasteiger partial charge is 0.0996 e. The maximum absolute atomic E-state index is 5.58. The molecule has 1 aromatic heterocycles. The molecule has 0 amide bonds. The van der Waals surface area contributed by atoms with Gasteiger partial charge in [0.05, 0.1) is 24.2 Å². The van der Waals surface area contributed by atoms with Gasteiger partial charge >= 0.3 is 0 Å².